The molecular weight excluding hydrogens is 280 g/mol. The quantitative estimate of drug-likeness (QED) is 0.767. The Morgan fingerprint density at radius 2 is 2.05 bits per heavy atom. The van der Waals surface area contributed by atoms with Gasteiger partial charge < -0.3 is 20.9 Å². The van der Waals surface area contributed by atoms with Crippen molar-refractivity contribution in [3.63, 3.8) is 0 Å². The van der Waals surface area contributed by atoms with E-state index in [1.807, 2.05) is 30.1 Å². The molecule has 0 bridgehead atoms. The lowest BCUT2D eigenvalue weighted by atomic mass is 10.1. The highest BCUT2D eigenvalue weighted by Gasteiger charge is 2.29. The van der Waals surface area contributed by atoms with Crippen LogP contribution in [0.5, 0.6) is 0 Å². The van der Waals surface area contributed by atoms with E-state index < -0.39 is 6.04 Å². The van der Waals surface area contributed by atoms with Gasteiger partial charge in [-0.3, -0.25) is 4.79 Å². The summed E-state index contributed by atoms with van der Waals surface area (Å²) in [6.45, 7) is 4.15. The molecule has 2 unspecified atom stereocenters. The van der Waals surface area contributed by atoms with E-state index in [9.17, 15) is 9.59 Å². The summed E-state index contributed by atoms with van der Waals surface area (Å²) < 4.78 is 0. The van der Waals surface area contributed by atoms with Crippen molar-refractivity contribution in [2.24, 2.45) is 5.92 Å². The van der Waals surface area contributed by atoms with Crippen molar-refractivity contribution in [3.8, 4) is 0 Å². The number of carbonyl (C=O) groups is 2. The first-order chi connectivity index (χ1) is 10.6. The zero-order valence-electron chi connectivity index (χ0n) is 13.1. The van der Waals surface area contributed by atoms with Crippen LogP contribution in [-0.2, 0) is 4.79 Å². The molecule has 2 rings (SSSR count). The second-order valence-electron chi connectivity index (χ2n) is 5.68. The first-order valence-corrected chi connectivity index (χ1v) is 7.66. The molecular formula is C16H24N4O2. The number of urea groups is 1. The molecule has 1 aromatic carbocycles. The molecule has 1 heterocycles. The molecule has 120 valence electrons. The van der Waals surface area contributed by atoms with Crippen molar-refractivity contribution in [2.45, 2.75) is 19.4 Å². The Balaban J connectivity index is 1.80. The molecule has 1 aromatic rings. The minimum atomic E-state index is -0.531. The summed E-state index contributed by atoms with van der Waals surface area (Å²) in [7, 11) is 1.92. The van der Waals surface area contributed by atoms with Crippen LogP contribution < -0.4 is 16.0 Å². The van der Waals surface area contributed by atoms with E-state index in [1.54, 1.807) is 19.1 Å². The molecule has 3 N–H and O–H groups in total. The van der Waals surface area contributed by atoms with Gasteiger partial charge in [0.05, 0.1) is 0 Å². The molecule has 0 saturated carbocycles. The van der Waals surface area contributed by atoms with Crippen LogP contribution in [0.2, 0.25) is 0 Å². The topological polar surface area (TPSA) is 73.5 Å². The largest absolute Gasteiger partial charge is 0.341 e. The monoisotopic (exact) mass is 304 g/mol. The van der Waals surface area contributed by atoms with Gasteiger partial charge in [-0.05, 0) is 45.0 Å². The van der Waals surface area contributed by atoms with Crippen molar-refractivity contribution >= 4 is 17.6 Å². The summed E-state index contributed by atoms with van der Waals surface area (Å²) in [6, 6.07) is 8.27. The van der Waals surface area contributed by atoms with Gasteiger partial charge in [0, 0.05) is 18.8 Å². The average Bonchev–Trinajstić information content (AvgIpc) is 2.96. The summed E-state index contributed by atoms with van der Waals surface area (Å²) in [4.78, 5) is 26.1. The molecule has 0 spiro atoms. The van der Waals surface area contributed by atoms with Gasteiger partial charge in [-0.1, -0.05) is 18.2 Å². The Kier molecular flexibility index (Phi) is 5.77. The molecule has 0 radical (unpaired) electrons. The van der Waals surface area contributed by atoms with Crippen LogP contribution in [0.3, 0.4) is 0 Å². The summed E-state index contributed by atoms with van der Waals surface area (Å²) in [5.74, 6) is 0.473. The molecule has 1 aliphatic rings. The Morgan fingerprint density at radius 3 is 2.73 bits per heavy atom. The van der Waals surface area contributed by atoms with E-state index in [-0.39, 0.29) is 11.9 Å². The molecule has 6 heteroatoms. The van der Waals surface area contributed by atoms with Crippen LogP contribution in [-0.4, -0.2) is 49.6 Å². The van der Waals surface area contributed by atoms with Gasteiger partial charge in [0.25, 0.3) is 0 Å². The lowest BCUT2D eigenvalue weighted by molar-refractivity contribution is -0.131. The summed E-state index contributed by atoms with van der Waals surface area (Å²) in [6.07, 6.45) is 1.01. The third-order valence-corrected chi connectivity index (χ3v) is 3.84. The number of hydrogen-bond donors (Lipinski definition) is 3. The summed E-state index contributed by atoms with van der Waals surface area (Å²) in [5.41, 5.74) is 0.704. The number of hydrogen-bond acceptors (Lipinski definition) is 3. The van der Waals surface area contributed by atoms with Crippen LogP contribution >= 0.6 is 0 Å². The maximum atomic E-state index is 12.3. The van der Waals surface area contributed by atoms with Gasteiger partial charge in [-0.2, -0.15) is 0 Å². The van der Waals surface area contributed by atoms with Gasteiger partial charge in [0.15, 0.2) is 0 Å². The van der Waals surface area contributed by atoms with Crippen LogP contribution in [0.1, 0.15) is 13.3 Å². The normalized spacial score (nSPS) is 18.8. The lowest BCUT2D eigenvalue weighted by Gasteiger charge is -2.22. The fourth-order valence-corrected chi connectivity index (χ4v) is 2.71. The SMILES string of the molecule is CNCC1CCN(C(=O)C(C)NC(=O)Nc2ccccc2)C1. The van der Waals surface area contributed by atoms with Gasteiger partial charge in [-0.15, -0.1) is 0 Å². The van der Waals surface area contributed by atoms with Gasteiger partial charge in [0.2, 0.25) is 5.91 Å². The number of carbonyl (C=O) groups excluding carboxylic acids is 2. The molecule has 3 amide bonds. The first kappa shape index (κ1) is 16.3. The number of amides is 3. The second-order valence-corrected chi connectivity index (χ2v) is 5.68. The Morgan fingerprint density at radius 1 is 1.32 bits per heavy atom. The van der Waals surface area contributed by atoms with Gasteiger partial charge >= 0.3 is 6.03 Å². The van der Waals surface area contributed by atoms with Crippen LogP contribution in [0, 0.1) is 5.92 Å². The Labute approximate surface area is 131 Å². The van der Waals surface area contributed by atoms with E-state index in [1.165, 1.54) is 0 Å². The maximum absolute atomic E-state index is 12.3. The molecule has 1 aliphatic heterocycles. The summed E-state index contributed by atoms with van der Waals surface area (Å²) in [5, 5.41) is 8.55. The Hall–Kier alpha value is -2.08. The molecule has 22 heavy (non-hydrogen) atoms. The van der Waals surface area contributed by atoms with E-state index >= 15 is 0 Å². The second kappa shape index (κ2) is 7.79. The van der Waals surface area contributed by atoms with Crippen LogP contribution in [0.4, 0.5) is 10.5 Å². The predicted octanol–water partition coefficient (Wildman–Crippen LogP) is 1.26. The zero-order chi connectivity index (χ0) is 15.9. The minimum absolute atomic E-state index is 0.0261. The molecule has 1 fully saturated rings. The fourth-order valence-electron chi connectivity index (χ4n) is 2.71. The molecule has 0 aliphatic carbocycles. The fraction of sp³-hybridized carbons (Fsp3) is 0.500. The highest BCUT2D eigenvalue weighted by molar-refractivity contribution is 5.93. The van der Waals surface area contributed by atoms with E-state index in [4.69, 9.17) is 0 Å². The van der Waals surface area contributed by atoms with Crippen LogP contribution in [0.25, 0.3) is 0 Å². The van der Waals surface area contributed by atoms with Crippen molar-refractivity contribution < 1.29 is 9.59 Å². The third kappa shape index (κ3) is 4.46. The number of anilines is 1. The van der Waals surface area contributed by atoms with E-state index in [2.05, 4.69) is 16.0 Å². The third-order valence-electron chi connectivity index (χ3n) is 3.84. The average molecular weight is 304 g/mol. The van der Waals surface area contributed by atoms with Crippen molar-refractivity contribution in [1.29, 1.82) is 0 Å². The van der Waals surface area contributed by atoms with Crippen LogP contribution in [0.15, 0.2) is 30.3 Å². The molecule has 2 atom stereocenters. The smallest absolute Gasteiger partial charge is 0.319 e. The molecule has 1 saturated heterocycles. The zero-order valence-corrected chi connectivity index (χ0v) is 13.1. The summed E-state index contributed by atoms with van der Waals surface area (Å²) >= 11 is 0. The highest BCUT2D eigenvalue weighted by Crippen LogP contribution is 2.16. The van der Waals surface area contributed by atoms with Crippen molar-refractivity contribution in [2.75, 3.05) is 32.0 Å². The number of nitrogens with one attached hydrogen (secondary N) is 3. The number of rotatable bonds is 5. The maximum Gasteiger partial charge on any atom is 0.319 e. The predicted molar refractivity (Wildman–Crippen MR) is 86.7 cm³/mol. The lowest BCUT2D eigenvalue weighted by Crippen LogP contribution is -2.47. The van der Waals surface area contributed by atoms with Crippen molar-refractivity contribution in [3.05, 3.63) is 30.3 Å². The number of likely N-dealkylation sites (tertiary alicyclic amines) is 1. The highest BCUT2D eigenvalue weighted by atomic mass is 16.2. The van der Waals surface area contributed by atoms with E-state index in [0.717, 1.165) is 26.1 Å². The Bertz CT molecular complexity index is 506. The van der Waals surface area contributed by atoms with E-state index in [0.29, 0.717) is 11.6 Å². The minimum Gasteiger partial charge on any atom is -0.341 e. The molecule has 0 aromatic heterocycles. The van der Waals surface area contributed by atoms with Gasteiger partial charge in [0.1, 0.15) is 6.04 Å². The molecule has 6 nitrogen and oxygen atoms in total. The number of benzene rings is 1. The van der Waals surface area contributed by atoms with Gasteiger partial charge in [-0.25, -0.2) is 4.79 Å². The first-order valence-electron chi connectivity index (χ1n) is 7.66. The number of para-hydroxylation sites is 1. The van der Waals surface area contributed by atoms with Crippen molar-refractivity contribution in [1.82, 2.24) is 15.5 Å². The standard InChI is InChI=1S/C16H24N4O2/c1-12(15(21)20-9-8-13(11-20)10-17-2)18-16(22)19-14-6-4-3-5-7-14/h3-7,12-13,17H,8-11H2,1-2H3,(H2,18,19,22). The number of nitrogens with zero attached hydrogens (tertiary/aromatic N) is 1.